The number of hydrogen-bond acceptors (Lipinski definition) is 5. The monoisotopic (exact) mass is 446 g/mol. The molecular weight excluding hydrogens is 424 g/mol. The number of hydrogen-bond donors (Lipinski definition) is 1. The smallest absolute Gasteiger partial charge is 0.248 e. The third kappa shape index (κ3) is 5.27. The maximum atomic E-state index is 12.5. The summed E-state index contributed by atoms with van der Waals surface area (Å²) in [5.74, 6) is 1.12. The summed E-state index contributed by atoms with van der Waals surface area (Å²) in [6.07, 6.45) is 3.23. The highest BCUT2D eigenvalue weighted by Crippen LogP contribution is 2.30. The second-order valence-corrected chi connectivity index (χ2v) is 7.15. The SMILES string of the molecule is COc1cc(/C=C/C(=O)Nc2cc(Br)ccc2N2CCOCC2)cc(OC)c1. The zero-order chi connectivity index (χ0) is 19.9. The summed E-state index contributed by atoms with van der Waals surface area (Å²) in [4.78, 5) is 14.7. The number of morpholine rings is 1. The number of carbonyl (C=O) groups is 1. The molecule has 28 heavy (non-hydrogen) atoms. The van der Waals surface area contributed by atoms with Crippen molar-refractivity contribution in [3.05, 3.63) is 52.5 Å². The van der Waals surface area contributed by atoms with E-state index >= 15 is 0 Å². The topological polar surface area (TPSA) is 60.0 Å². The summed E-state index contributed by atoms with van der Waals surface area (Å²) in [5, 5.41) is 2.98. The highest BCUT2D eigenvalue weighted by Gasteiger charge is 2.16. The molecule has 1 aliphatic heterocycles. The maximum absolute atomic E-state index is 12.5. The first-order valence-electron chi connectivity index (χ1n) is 8.93. The fraction of sp³-hybridized carbons (Fsp3) is 0.286. The predicted molar refractivity (Wildman–Crippen MR) is 114 cm³/mol. The molecule has 3 rings (SSSR count). The number of nitrogens with zero attached hydrogens (tertiary/aromatic N) is 1. The number of amides is 1. The van der Waals surface area contributed by atoms with Crippen molar-refractivity contribution in [3.8, 4) is 11.5 Å². The van der Waals surface area contributed by atoms with Crippen molar-refractivity contribution in [1.82, 2.24) is 0 Å². The summed E-state index contributed by atoms with van der Waals surface area (Å²) < 4.78 is 16.8. The Morgan fingerprint density at radius 3 is 2.43 bits per heavy atom. The van der Waals surface area contributed by atoms with E-state index in [1.54, 1.807) is 26.4 Å². The van der Waals surface area contributed by atoms with Crippen LogP contribution in [-0.4, -0.2) is 46.4 Å². The molecule has 2 aromatic rings. The van der Waals surface area contributed by atoms with E-state index in [1.807, 2.05) is 30.3 Å². The molecule has 1 aliphatic rings. The lowest BCUT2D eigenvalue weighted by atomic mass is 10.2. The average molecular weight is 447 g/mol. The van der Waals surface area contributed by atoms with Gasteiger partial charge in [-0.25, -0.2) is 0 Å². The van der Waals surface area contributed by atoms with Gasteiger partial charge >= 0.3 is 0 Å². The fourth-order valence-electron chi connectivity index (χ4n) is 2.96. The van der Waals surface area contributed by atoms with Gasteiger partial charge in [-0.2, -0.15) is 0 Å². The summed E-state index contributed by atoms with van der Waals surface area (Å²) in [5.41, 5.74) is 2.56. The van der Waals surface area contributed by atoms with Crippen LogP contribution >= 0.6 is 15.9 Å². The minimum atomic E-state index is -0.214. The van der Waals surface area contributed by atoms with E-state index in [2.05, 4.69) is 26.1 Å². The molecule has 0 aromatic heterocycles. The lowest BCUT2D eigenvalue weighted by Crippen LogP contribution is -2.36. The van der Waals surface area contributed by atoms with Gasteiger partial charge in [-0.05, 0) is 42.0 Å². The van der Waals surface area contributed by atoms with Gasteiger partial charge in [0, 0.05) is 29.7 Å². The molecule has 7 heteroatoms. The zero-order valence-electron chi connectivity index (χ0n) is 15.9. The molecule has 0 atom stereocenters. The van der Waals surface area contributed by atoms with Crippen LogP contribution in [0.5, 0.6) is 11.5 Å². The molecule has 0 unspecified atom stereocenters. The van der Waals surface area contributed by atoms with Crippen molar-refractivity contribution in [2.45, 2.75) is 0 Å². The minimum Gasteiger partial charge on any atom is -0.497 e. The van der Waals surface area contributed by atoms with E-state index < -0.39 is 0 Å². The van der Waals surface area contributed by atoms with Crippen LogP contribution < -0.4 is 19.7 Å². The highest BCUT2D eigenvalue weighted by atomic mass is 79.9. The Morgan fingerprint density at radius 1 is 1.11 bits per heavy atom. The van der Waals surface area contributed by atoms with E-state index in [1.165, 1.54) is 6.08 Å². The highest BCUT2D eigenvalue weighted by molar-refractivity contribution is 9.10. The Bertz CT molecular complexity index is 841. The van der Waals surface area contributed by atoms with Crippen LogP contribution in [0, 0.1) is 0 Å². The Balaban J connectivity index is 1.76. The second-order valence-electron chi connectivity index (χ2n) is 6.23. The first kappa shape index (κ1) is 20.2. The van der Waals surface area contributed by atoms with E-state index in [0.717, 1.165) is 34.5 Å². The lowest BCUT2D eigenvalue weighted by molar-refractivity contribution is -0.111. The molecule has 0 spiro atoms. The first-order chi connectivity index (χ1) is 13.6. The summed E-state index contributed by atoms with van der Waals surface area (Å²) in [7, 11) is 3.19. The molecule has 1 fully saturated rings. The number of anilines is 2. The zero-order valence-corrected chi connectivity index (χ0v) is 17.5. The molecule has 2 aromatic carbocycles. The summed E-state index contributed by atoms with van der Waals surface area (Å²) in [6, 6.07) is 11.3. The third-order valence-corrected chi connectivity index (χ3v) is 4.86. The molecule has 1 heterocycles. The van der Waals surface area contributed by atoms with Gasteiger partial charge in [0.05, 0.1) is 38.8 Å². The normalized spacial score (nSPS) is 14.2. The molecule has 1 N–H and O–H groups in total. The molecule has 0 aliphatic carbocycles. The molecule has 0 saturated carbocycles. The number of halogens is 1. The van der Waals surface area contributed by atoms with Gasteiger partial charge in [0.2, 0.25) is 5.91 Å². The van der Waals surface area contributed by atoms with Crippen molar-refractivity contribution in [3.63, 3.8) is 0 Å². The van der Waals surface area contributed by atoms with Crippen molar-refractivity contribution < 1.29 is 19.0 Å². The minimum absolute atomic E-state index is 0.214. The molecule has 148 valence electrons. The van der Waals surface area contributed by atoms with Crippen molar-refractivity contribution in [2.75, 3.05) is 50.7 Å². The second kappa shape index (κ2) is 9.61. The molecule has 0 radical (unpaired) electrons. The molecule has 1 saturated heterocycles. The summed E-state index contributed by atoms with van der Waals surface area (Å²) in [6.45, 7) is 2.95. The number of ether oxygens (including phenoxy) is 3. The van der Waals surface area contributed by atoms with Crippen LogP contribution in [-0.2, 0) is 9.53 Å². The maximum Gasteiger partial charge on any atom is 0.248 e. The molecular formula is C21H23BrN2O4. The lowest BCUT2D eigenvalue weighted by Gasteiger charge is -2.30. The van der Waals surface area contributed by atoms with Gasteiger partial charge in [0.1, 0.15) is 11.5 Å². The van der Waals surface area contributed by atoms with Gasteiger partial charge < -0.3 is 24.4 Å². The van der Waals surface area contributed by atoms with E-state index in [4.69, 9.17) is 14.2 Å². The fourth-order valence-corrected chi connectivity index (χ4v) is 3.32. The van der Waals surface area contributed by atoms with Gasteiger partial charge in [0.15, 0.2) is 0 Å². The van der Waals surface area contributed by atoms with Crippen LogP contribution in [0.4, 0.5) is 11.4 Å². The van der Waals surface area contributed by atoms with E-state index in [-0.39, 0.29) is 5.91 Å². The van der Waals surface area contributed by atoms with Gasteiger partial charge in [-0.1, -0.05) is 15.9 Å². The molecule has 1 amide bonds. The number of benzene rings is 2. The van der Waals surface area contributed by atoms with Crippen LogP contribution in [0.2, 0.25) is 0 Å². The van der Waals surface area contributed by atoms with Crippen LogP contribution in [0.1, 0.15) is 5.56 Å². The third-order valence-electron chi connectivity index (χ3n) is 4.37. The number of rotatable bonds is 6. The van der Waals surface area contributed by atoms with Gasteiger partial charge in [-0.3, -0.25) is 4.79 Å². The quantitative estimate of drug-likeness (QED) is 0.680. The van der Waals surface area contributed by atoms with Gasteiger partial charge in [0.25, 0.3) is 0 Å². The van der Waals surface area contributed by atoms with Crippen molar-refractivity contribution in [2.24, 2.45) is 0 Å². The van der Waals surface area contributed by atoms with Crippen LogP contribution in [0.3, 0.4) is 0 Å². The van der Waals surface area contributed by atoms with Crippen molar-refractivity contribution in [1.29, 1.82) is 0 Å². The van der Waals surface area contributed by atoms with E-state index in [0.29, 0.717) is 24.7 Å². The Morgan fingerprint density at radius 2 is 1.79 bits per heavy atom. The standard InChI is InChI=1S/C21H23BrN2O4/c1-26-17-11-15(12-18(14-17)27-2)3-6-21(25)23-19-13-16(22)4-5-20(19)24-7-9-28-10-8-24/h3-6,11-14H,7-10H2,1-2H3,(H,23,25)/b6-3+. The predicted octanol–water partition coefficient (Wildman–Crippen LogP) is 3.95. The summed E-state index contributed by atoms with van der Waals surface area (Å²) >= 11 is 3.48. The first-order valence-corrected chi connectivity index (χ1v) is 9.73. The largest absolute Gasteiger partial charge is 0.497 e. The van der Waals surface area contributed by atoms with E-state index in [9.17, 15) is 4.79 Å². The average Bonchev–Trinajstić information content (AvgIpc) is 2.72. The Labute approximate surface area is 173 Å². The van der Waals surface area contributed by atoms with Gasteiger partial charge in [-0.15, -0.1) is 0 Å². The number of nitrogens with one attached hydrogen (secondary N) is 1. The Kier molecular flexibility index (Phi) is 6.95. The molecule has 0 bridgehead atoms. The molecule has 6 nitrogen and oxygen atoms in total. The van der Waals surface area contributed by atoms with Crippen LogP contribution in [0.15, 0.2) is 46.9 Å². The Hall–Kier alpha value is -2.51. The van der Waals surface area contributed by atoms with Crippen LogP contribution in [0.25, 0.3) is 6.08 Å². The van der Waals surface area contributed by atoms with Crippen molar-refractivity contribution >= 4 is 39.3 Å². The number of carbonyl (C=O) groups excluding carboxylic acids is 1. The number of methoxy groups -OCH3 is 2.